The lowest BCUT2D eigenvalue weighted by atomic mass is 9.89. The van der Waals surface area contributed by atoms with Gasteiger partial charge in [-0.15, -0.1) is 0 Å². The van der Waals surface area contributed by atoms with E-state index >= 15 is 0 Å². The lowest BCUT2D eigenvalue weighted by Gasteiger charge is -2.33. The second-order valence-corrected chi connectivity index (χ2v) is 12.2. The molecule has 2 aromatic rings. The highest BCUT2D eigenvalue weighted by atomic mass is 32.2. The third-order valence-electron chi connectivity index (χ3n) is 6.97. The lowest BCUT2D eigenvalue weighted by Crippen LogP contribution is -2.39. The zero-order chi connectivity index (χ0) is 23.2. The highest BCUT2D eigenvalue weighted by Crippen LogP contribution is 2.37. The normalized spacial score (nSPS) is 23.8. The van der Waals surface area contributed by atoms with E-state index in [2.05, 4.69) is 51.9 Å². The molecule has 0 saturated carbocycles. The highest BCUT2D eigenvalue weighted by Gasteiger charge is 2.34. The van der Waals surface area contributed by atoms with Crippen molar-refractivity contribution in [3.05, 3.63) is 35.5 Å². The Kier molecular flexibility index (Phi) is 5.95. The third kappa shape index (κ3) is 4.66. The average molecular weight is 472 g/mol. The molecule has 0 amide bonds. The Morgan fingerprint density at radius 3 is 2.67 bits per heavy atom. The molecule has 8 nitrogen and oxygen atoms in total. The van der Waals surface area contributed by atoms with Crippen LogP contribution in [0.5, 0.6) is 5.75 Å². The van der Waals surface area contributed by atoms with Crippen LogP contribution in [0.25, 0.3) is 5.57 Å². The van der Waals surface area contributed by atoms with E-state index in [9.17, 15) is 4.21 Å². The predicted octanol–water partition coefficient (Wildman–Crippen LogP) is 3.16. The van der Waals surface area contributed by atoms with E-state index < -0.39 is 9.71 Å². The number of aromatic nitrogens is 3. The van der Waals surface area contributed by atoms with Gasteiger partial charge in [0.05, 0.1) is 11.9 Å². The van der Waals surface area contributed by atoms with Crippen LogP contribution in [-0.2, 0) is 16.1 Å². The van der Waals surface area contributed by atoms with Gasteiger partial charge in [-0.2, -0.15) is 4.98 Å². The van der Waals surface area contributed by atoms with Crippen molar-refractivity contribution >= 4 is 27.1 Å². The largest absolute Gasteiger partial charge is 0.488 e. The summed E-state index contributed by atoms with van der Waals surface area (Å²) in [6.45, 7) is 7.35. The minimum absolute atomic E-state index is 0.197. The predicted molar refractivity (Wildman–Crippen MR) is 131 cm³/mol. The Labute approximate surface area is 196 Å². The first-order valence-electron chi connectivity index (χ1n) is 11.8. The van der Waals surface area contributed by atoms with Crippen LogP contribution in [0.1, 0.15) is 56.2 Å². The molecule has 9 heteroatoms. The Bertz CT molecular complexity index is 1150. The number of fused-ring (bicyclic) bond motifs is 1. The zero-order valence-corrected chi connectivity index (χ0v) is 20.5. The second-order valence-electron chi connectivity index (χ2n) is 9.78. The van der Waals surface area contributed by atoms with Crippen LogP contribution < -0.4 is 9.64 Å². The van der Waals surface area contributed by atoms with E-state index in [1.54, 1.807) is 6.26 Å². The van der Waals surface area contributed by atoms with Crippen molar-refractivity contribution in [2.45, 2.75) is 51.6 Å². The minimum atomic E-state index is -2.15. The molecule has 0 bridgehead atoms. The van der Waals surface area contributed by atoms with Crippen molar-refractivity contribution in [1.82, 2.24) is 19.4 Å². The molecule has 3 aliphatic rings. The van der Waals surface area contributed by atoms with E-state index in [4.69, 9.17) is 9.26 Å². The molecular weight excluding hydrogens is 438 g/mol. The van der Waals surface area contributed by atoms with Gasteiger partial charge in [0.15, 0.2) is 0 Å². The molecule has 1 saturated heterocycles. The number of anilines is 1. The molecule has 2 aromatic heterocycles. The van der Waals surface area contributed by atoms with Gasteiger partial charge in [0.2, 0.25) is 5.89 Å². The van der Waals surface area contributed by atoms with E-state index in [0.29, 0.717) is 24.3 Å². The number of pyridine rings is 1. The van der Waals surface area contributed by atoms with E-state index in [0.717, 1.165) is 56.8 Å². The maximum atomic E-state index is 12.2. The van der Waals surface area contributed by atoms with E-state index in [1.807, 2.05) is 10.5 Å². The Hall–Kier alpha value is -2.39. The summed E-state index contributed by atoms with van der Waals surface area (Å²) in [5, 5.41) is 4.16. The van der Waals surface area contributed by atoms with Crippen LogP contribution in [0.4, 0.5) is 5.95 Å². The summed E-state index contributed by atoms with van der Waals surface area (Å²) in [6, 6.07) is 2.19. The smallest absolute Gasteiger partial charge is 0.266 e. The minimum Gasteiger partial charge on any atom is -0.488 e. The van der Waals surface area contributed by atoms with Crippen molar-refractivity contribution in [2.24, 2.45) is 5.92 Å². The summed E-state index contributed by atoms with van der Waals surface area (Å²) in [6.07, 6.45) is 9.77. The fraction of sp³-hybridized carbons (Fsp3) is 0.583. The standard InChI is InChI=1S/C24H33N5O3S/c1-16(2)23-26-24(27-32-23)28-9-5-18(6-10-28)21-14-19-13-20(25-15-22(19)31-21)17-7-11-29(12-8-17)33(3,4)30/h7,13,15-16,18,21H,3,5-6,8-12,14H2,1-2,4H3/t21-,33?/m1/s1. The maximum Gasteiger partial charge on any atom is 0.266 e. The number of ether oxygens (including phenoxy) is 1. The summed E-state index contributed by atoms with van der Waals surface area (Å²) in [5.41, 5.74) is 3.47. The lowest BCUT2D eigenvalue weighted by molar-refractivity contribution is 0.138. The summed E-state index contributed by atoms with van der Waals surface area (Å²) in [5.74, 6) is 6.86. The van der Waals surface area contributed by atoms with E-state index in [1.165, 1.54) is 11.1 Å². The van der Waals surface area contributed by atoms with Crippen LogP contribution in [0.3, 0.4) is 0 Å². The number of hydrogen-bond acceptors (Lipinski definition) is 7. The van der Waals surface area contributed by atoms with Gasteiger partial charge in [-0.1, -0.05) is 19.9 Å². The van der Waals surface area contributed by atoms with Crippen molar-refractivity contribution in [1.29, 1.82) is 0 Å². The molecule has 178 valence electrons. The molecule has 1 fully saturated rings. The van der Waals surface area contributed by atoms with Gasteiger partial charge in [0.1, 0.15) is 11.9 Å². The number of rotatable bonds is 5. The van der Waals surface area contributed by atoms with Gasteiger partial charge in [0.25, 0.3) is 5.95 Å². The first-order chi connectivity index (χ1) is 15.8. The molecule has 0 N–H and O–H groups in total. The van der Waals surface area contributed by atoms with Crippen LogP contribution in [0.2, 0.25) is 0 Å². The third-order valence-corrected chi connectivity index (χ3v) is 8.39. The van der Waals surface area contributed by atoms with Gasteiger partial charge < -0.3 is 14.2 Å². The summed E-state index contributed by atoms with van der Waals surface area (Å²) in [4.78, 5) is 11.4. The van der Waals surface area contributed by atoms with Crippen LogP contribution in [-0.4, -0.2) is 68.0 Å². The second kappa shape index (κ2) is 8.76. The van der Waals surface area contributed by atoms with Gasteiger partial charge in [0, 0.05) is 60.0 Å². The van der Waals surface area contributed by atoms with Crippen LogP contribution in [0, 0.1) is 5.92 Å². The molecule has 0 spiro atoms. The number of hydrogen-bond donors (Lipinski definition) is 0. The zero-order valence-electron chi connectivity index (χ0n) is 19.7. The summed E-state index contributed by atoms with van der Waals surface area (Å²) < 4.78 is 25.8. The molecule has 5 heterocycles. The SMILES string of the molecule is C=S(C)(=O)N1CC=C(c2cc3c(cn2)O[C@@H](C2CCN(c4noc(C(C)C)n4)CC2)C3)CC1. The molecule has 0 radical (unpaired) electrons. The van der Waals surface area contributed by atoms with Gasteiger partial charge >= 0.3 is 0 Å². The molecular formula is C24H33N5O3S. The average Bonchev–Trinajstić information content (AvgIpc) is 3.46. The van der Waals surface area contributed by atoms with Crippen molar-refractivity contribution in [2.75, 3.05) is 37.3 Å². The van der Waals surface area contributed by atoms with Gasteiger partial charge in [-0.3, -0.25) is 9.19 Å². The molecule has 33 heavy (non-hydrogen) atoms. The van der Waals surface area contributed by atoms with Crippen LogP contribution >= 0.6 is 0 Å². The van der Waals surface area contributed by atoms with Gasteiger partial charge in [-0.05, 0) is 47.8 Å². The molecule has 0 aromatic carbocycles. The van der Waals surface area contributed by atoms with Crippen LogP contribution in [0.15, 0.2) is 22.9 Å². The Morgan fingerprint density at radius 1 is 1.24 bits per heavy atom. The maximum absolute atomic E-state index is 12.2. The van der Waals surface area contributed by atoms with Crippen molar-refractivity contribution in [3.8, 4) is 5.75 Å². The van der Waals surface area contributed by atoms with E-state index in [-0.39, 0.29) is 12.0 Å². The van der Waals surface area contributed by atoms with Crippen molar-refractivity contribution in [3.63, 3.8) is 0 Å². The number of piperidine rings is 1. The highest BCUT2D eigenvalue weighted by molar-refractivity contribution is 7.97. The molecule has 0 aliphatic carbocycles. The first-order valence-corrected chi connectivity index (χ1v) is 13.9. The fourth-order valence-electron chi connectivity index (χ4n) is 4.91. The molecule has 5 rings (SSSR count). The Balaban J connectivity index is 1.20. The van der Waals surface area contributed by atoms with Gasteiger partial charge in [-0.25, -0.2) is 4.31 Å². The topological polar surface area (TPSA) is 84.6 Å². The molecule has 3 aliphatic heterocycles. The summed E-state index contributed by atoms with van der Waals surface area (Å²) in [7, 11) is -2.15. The molecule has 2 atom stereocenters. The number of nitrogens with zero attached hydrogens (tertiary/aromatic N) is 5. The quantitative estimate of drug-likeness (QED) is 0.619. The first kappa shape index (κ1) is 22.4. The molecule has 1 unspecified atom stereocenters. The summed E-state index contributed by atoms with van der Waals surface area (Å²) >= 11 is 0. The fourth-order valence-corrected chi connectivity index (χ4v) is 5.77. The monoisotopic (exact) mass is 471 g/mol. The Morgan fingerprint density at radius 2 is 2.03 bits per heavy atom. The van der Waals surface area contributed by atoms with Crippen molar-refractivity contribution < 1.29 is 13.5 Å².